The van der Waals surface area contributed by atoms with Gasteiger partial charge in [0.15, 0.2) is 0 Å². The molecule has 0 aliphatic rings. The Labute approximate surface area is 303 Å². The first kappa shape index (κ1) is 48.1. The molecule has 0 saturated carbocycles. The van der Waals surface area contributed by atoms with Crippen molar-refractivity contribution in [1.82, 2.24) is 4.67 Å². The van der Waals surface area contributed by atoms with Gasteiger partial charge in [0.2, 0.25) is 0 Å². The van der Waals surface area contributed by atoms with E-state index in [1.54, 1.807) is 4.67 Å². The second kappa shape index (κ2) is 39.9. The first-order chi connectivity index (χ1) is 23.6. The number of nitrogens with zero attached hydrogens (tertiary/aromatic N) is 1. The highest BCUT2D eigenvalue weighted by molar-refractivity contribution is 7.50. The third kappa shape index (κ3) is 35.9. The lowest BCUT2D eigenvalue weighted by Gasteiger charge is -2.25. The van der Waals surface area contributed by atoms with Crippen LogP contribution in [0.1, 0.15) is 258 Å². The van der Waals surface area contributed by atoms with Gasteiger partial charge < -0.3 is 9.42 Å². The van der Waals surface area contributed by atoms with Gasteiger partial charge in [-0.25, -0.2) is 9.24 Å². The third-order valence-corrected chi connectivity index (χ3v) is 12.2. The Morgan fingerprint density at radius 3 is 0.688 bits per heavy atom. The van der Waals surface area contributed by atoms with Crippen molar-refractivity contribution in [2.45, 2.75) is 258 Å². The molecule has 0 fully saturated rings. The van der Waals surface area contributed by atoms with Crippen LogP contribution >= 0.6 is 7.75 Å². The number of unbranched alkanes of at least 4 members (excludes halogenated alkanes) is 36. The minimum atomic E-state index is -3.64. The van der Waals surface area contributed by atoms with Crippen LogP contribution in [-0.4, -0.2) is 29.8 Å². The molecule has 0 rings (SSSR count). The first-order valence-corrected chi connectivity index (χ1v) is 23.8. The average Bonchev–Trinajstić information content (AvgIpc) is 3.09. The lowest BCUT2D eigenvalue weighted by atomic mass is 10.0. The topological polar surface area (TPSA) is 49.8 Å². The van der Waals surface area contributed by atoms with E-state index >= 15 is 0 Å². The highest BCUT2D eigenvalue weighted by Crippen LogP contribution is 2.45. The Bertz CT molecular complexity index is 604. The molecule has 0 aliphatic heterocycles. The van der Waals surface area contributed by atoms with Gasteiger partial charge in [0, 0.05) is 20.2 Å². The summed E-state index contributed by atoms with van der Waals surface area (Å²) >= 11 is 0. The SMILES string of the molecule is CCCCCCCCCCCCCCCCCCCCCN(CCCCCCCCCCCCCCCCCCCCC)P(=O)(O)OC. The van der Waals surface area contributed by atoms with Crippen LogP contribution in [0.2, 0.25) is 0 Å². The molecule has 0 spiro atoms. The maximum Gasteiger partial charge on any atom is 0.405 e. The lowest BCUT2D eigenvalue weighted by molar-refractivity contribution is 0.230. The molecule has 5 heteroatoms. The van der Waals surface area contributed by atoms with E-state index in [4.69, 9.17) is 4.52 Å². The predicted octanol–water partition coefficient (Wildman–Crippen LogP) is 15.9. The Hall–Kier alpha value is 0.110. The molecule has 1 atom stereocenters. The van der Waals surface area contributed by atoms with Crippen LogP contribution in [0.3, 0.4) is 0 Å². The third-order valence-electron chi connectivity index (χ3n) is 10.6. The van der Waals surface area contributed by atoms with Crippen LogP contribution in [0.4, 0.5) is 0 Å². The van der Waals surface area contributed by atoms with Crippen molar-refractivity contribution in [2.75, 3.05) is 20.2 Å². The van der Waals surface area contributed by atoms with Gasteiger partial charge in [0.05, 0.1) is 0 Å². The van der Waals surface area contributed by atoms with Crippen molar-refractivity contribution >= 4 is 7.75 Å². The molecule has 290 valence electrons. The Morgan fingerprint density at radius 1 is 0.354 bits per heavy atom. The molecule has 1 unspecified atom stereocenters. The zero-order valence-electron chi connectivity index (χ0n) is 33.4. The summed E-state index contributed by atoms with van der Waals surface area (Å²) < 4.78 is 19.3. The van der Waals surface area contributed by atoms with Crippen LogP contribution in [0.25, 0.3) is 0 Å². The minimum absolute atomic E-state index is 0.680. The fourth-order valence-corrected chi connectivity index (χ4v) is 8.24. The molecule has 0 saturated heterocycles. The van der Waals surface area contributed by atoms with Gasteiger partial charge in [0.1, 0.15) is 0 Å². The normalized spacial score (nSPS) is 13.1. The summed E-state index contributed by atoms with van der Waals surface area (Å²) in [6.45, 7) is 5.95. The first-order valence-electron chi connectivity index (χ1n) is 22.2. The zero-order chi connectivity index (χ0) is 35.1. The van der Waals surface area contributed by atoms with Crippen molar-refractivity contribution in [3.8, 4) is 0 Å². The maximum atomic E-state index is 12.6. The summed E-state index contributed by atoms with van der Waals surface area (Å²) in [5.41, 5.74) is 0. The van der Waals surface area contributed by atoms with Crippen molar-refractivity contribution in [3.05, 3.63) is 0 Å². The predicted molar refractivity (Wildman–Crippen MR) is 215 cm³/mol. The fraction of sp³-hybridized carbons (Fsp3) is 1.00. The standard InChI is InChI=1S/C43H90NO3P/c1-4-6-8-10-12-14-16-18-20-22-24-26-28-30-32-34-36-38-40-42-44(48(45,46)47-3)43-41-39-37-35-33-31-29-27-25-23-21-19-17-15-13-11-9-7-5-2/h4-43H2,1-3H3,(H,45,46). The van der Waals surface area contributed by atoms with Crippen LogP contribution in [0, 0.1) is 0 Å². The van der Waals surface area contributed by atoms with Crippen molar-refractivity contribution in [3.63, 3.8) is 0 Å². The van der Waals surface area contributed by atoms with Gasteiger partial charge in [0.25, 0.3) is 0 Å². The van der Waals surface area contributed by atoms with E-state index < -0.39 is 7.75 Å². The van der Waals surface area contributed by atoms with Crippen LogP contribution in [0.15, 0.2) is 0 Å². The van der Waals surface area contributed by atoms with Crippen molar-refractivity contribution in [2.24, 2.45) is 0 Å². The number of hydrogen-bond acceptors (Lipinski definition) is 2. The quantitative estimate of drug-likeness (QED) is 0.0509. The fourth-order valence-electron chi connectivity index (χ4n) is 7.23. The summed E-state index contributed by atoms with van der Waals surface area (Å²) in [5.74, 6) is 0. The Kier molecular flexibility index (Phi) is 40.0. The van der Waals surface area contributed by atoms with Gasteiger partial charge in [-0.05, 0) is 12.8 Å². The van der Waals surface area contributed by atoms with Crippen LogP contribution < -0.4 is 0 Å². The molecule has 0 aromatic rings. The largest absolute Gasteiger partial charge is 0.405 e. The zero-order valence-corrected chi connectivity index (χ0v) is 34.3. The molecule has 4 nitrogen and oxygen atoms in total. The van der Waals surface area contributed by atoms with Gasteiger partial charge in [-0.15, -0.1) is 0 Å². The Morgan fingerprint density at radius 2 is 0.521 bits per heavy atom. The molecule has 0 aliphatic carbocycles. The lowest BCUT2D eigenvalue weighted by Crippen LogP contribution is -2.23. The van der Waals surface area contributed by atoms with Crippen molar-refractivity contribution in [1.29, 1.82) is 0 Å². The molecule has 0 aromatic heterocycles. The molecule has 0 bridgehead atoms. The van der Waals surface area contributed by atoms with Crippen LogP contribution in [0.5, 0.6) is 0 Å². The smallest absolute Gasteiger partial charge is 0.312 e. The molecule has 1 N–H and O–H groups in total. The van der Waals surface area contributed by atoms with Gasteiger partial charge >= 0.3 is 7.75 Å². The summed E-state index contributed by atoms with van der Waals surface area (Å²) in [5, 5.41) is 0. The molecule has 0 heterocycles. The monoisotopic (exact) mass is 700 g/mol. The van der Waals surface area contributed by atoms with E-state index in [9.17, 15) is 9.46 Å². The Balaban J connectivity index is 3.55. The minimum Gasteiger partial charge on any atom is -0.312 e. The summed E-state index contributed by atoms with van der Waals surface area (Å²) in [6.07, 6.45) is 51.9. The highest BCUT2D eigenvalue weighted by atomic mass is 31.2. The molecule has 0 aromatic carbocycles. The maximum absolute atomic E-state index is 12.6. The van der Waals surface area contributed by atoms with E-state index in [1.807, 2.05) is 0 Å². The van der Waals surface area contributed by atoms with E-state index in [0.717, 1.165) is 25.7 Å². The second-order valence-corrected chi connectivity index (χ2v) is 17.3. The molecule has 48 heavy (non-hydrogen) atoms. The van der Waals surface area contributed by atoms with Crippen LogP contribution in [-0.2, 0) is 9.09 Å². The molecular weight excluding hydrogens is 609 g/mol. The number of hydrogen-bond donors (Lipinski definition) is 1. The highest BCUT2D eigenvalue weighted by Gasteiger charge is 2.27. The molecular formula is C43H90NO3P. The van der Waals surface area contributed by atoms with Crippen molar-refractivity contribution < 1.29 is 14.0 Å². The van der Waals surface area contributed by atoms with E-state index in [-0.39, 0.29) is 0 Å². The molecule has 0 radical (unpaired) electrons. The van der Waals surface area contributed by atoms with E-state index in [2.05, 4.69) is 13.8 Å². The van der Waals surface area contributed by atoms with E-state index in [0.29, 0.717) is 13.1 Å². The van der Waals surface area contributed by atoms with E-state index in [1.165, 1.54) is 225 Å². The summed E-state index contributed by atoms with van der Waals surface area (Å²) in [7, 11) is -2.26. The molecule has 0 amide bonds. The van der Waals surface area contributed by atoms with Gasteiger partial charge in [-0.1, -0.05) is 245 Å². The average molecular weight is 700 g/mol. The van der Waals surface area contributed by atoms with Gasteiger partial charge in [-0.3, -0.25) is 0 Å². The van der Waals surface area contributed by atoms with Gasteiger partial charge in [-0.2, -0.15) is 0 Å². The summed E-state index contributed by atoms with van der Waals surface area (Å²) in [4.78, 5) is 10.3. The summed E-state index contributed by atoms with van der Waals surface area (Å²) in [6, 6.07) is 0. The second-order valence-electron chi connectivity index (χ2n) is 15.4. The number of rotatable bonds is 42.